The van der Waals surface area contributed by atoms with Crippen molar-refractivity contribution in [2.45, 2.75) is 44.0 Å². The number of hydrogen-bond donors (Lipinski definition) is 4. The molecule has 0 saturated carbocycles. The Kier molecular flexibility index (Phi) is 3.64. The second kappa shape index (κ2) is 5.27. The van der Waals surface area contributed by atoms with Crippen LogP contribution in [-0.2, 0) is 9.47 Å². The summed E-state index contributed by atoms with van der Waals surface area (Å²) < 4.78 is 12.5. The van der Waals surface area contributed by atoms with Crippen molar-refractivity contribution in [2.24, 2.45) is 0 Å². The number of aromatic nitrogens is 4. The quantitative estimate of drug-likeness (QED) is 0.547. The maximum absolute atomic E-state index is 11.8. The lowest BCUT2D eigenvalue weighted by atomic mass is 9.95. The predicted octanol–water partition coefficient (Wildman–Crippen LogP) is -1.25. The molecule has 3 rings (SSSR count). The number of anilines is 1. The lowest BCUT2D eigenvalue weighted by Crippen LogP contribution is -2.46. The van der Waals surface area contributed by atoms with Crippen molar-refractivity contribution in [1.29, 1.82) is 0 Å². The summed E-state index contributed by atoms with van der Waals surface area (Å²) in [4.78, 5) is 22.2. The summed E-state index contributed by atoms with van der Waals surface area (Å²) in [6.45, 7) is 3.48. The highest BCUT2D eigenvalue weighted by Gasteiger charge is 2.50. The number of nitrogens with zero attached hydrogens (tertiary/aromatic N) is 3. The molecule has 1 aliphatic rings. The van der Waals surface area contributed by atoms with Crippen LogP contribution in [0.4, 0.5) is 5.95 Å². The van der Waals surface area contributed by atoms with E-state index in [-0.39, 0.29) is 17.1 Å². The second-order valence-electron chi connectivity index (χ2n) is 6.01. The van der Waals surface area contributed by atoms with E-state index in [1.54, 1.807) is 13.8 Å². The summed E-state index contributed by atoms with van der Waals surface area (Å²) in [5, 5.41) is 20.6. The summed E-state index contributed by atoms with van der Waals surface area (Å²) in [7, 11) is 1.49. The van der Waals surface area contributed by atoms with Gasteiger partial charge < -0.3 is 25.4 Å². The minimum absolute atomic E-state index is 0.0685. The van der Waals surface area contributed by atoms with Gasteiger partial charge in [-0.3, -0.25) is 14.3 Å². The molecule has 2 aromatic rings. The number of nitrogens with two attached hydrogens (primary N) is 1. The molecule has 4 atom stereocenters. The number of imidazole rings is 1. The van der Waals surface area contributed by atoms with Gasteiger partial charge in [0.15, 0.2) is 17.4 Å². The average Bonchev–Trinajstić information content (AvgIpc) is 3.02. The number of H-pyrrole nitrogens is 1. The summed E-state index contributed by atoms with van der Waals surface area (Å²) in [6, 6.07) is 0. The summed E-state index contributed by atoms with van der Waals surface area (Å²) in [5.41, 5.74) is 4.47. The van der Waals surface area contributed by atoms with Crippen molar-refractivity contribution >= 4 is 17.1 Å². The molecule has 0 spiro atoms. The maximum Gasteiger partial charge on any atom is 0.280 e. The predicted molar refractivity (Wildman–Crippen MR) is 79.6 cm³/mol. The molecule has 0 amide bonds. The zero-order valence-electron chi connectivity index (χ0n) is 12.9. The number of rotatable bonds is 3. The molecular weight excluding hydrogens is 306 g/mol. The van der Waals surface area contributed by atoms with Crippen LogP contribution in [0.5, 0.6) is 0 Å². The largest absolute Gasteiger partial charge is 0.387 e. The molecule has 10 nitrogen and oxygen atoms in total. The van der Waals surface area contributed by atoms with Crippen LogP contribution in [0.15, 0.2) is 11.1 Å². The van der Waals surface area contributed by atoms with Gasteiger partial charge in [0, 0.05) is 7.11 Å². The number of aliphatic hydroxyl groups excluding tert-OH is 2. The van der Waals surface area contributed by atoms with Gasteiger partial charge in [0.25, 0.3) is 5.56 Å². The van der Waals surface area contributed by atoms with Gasteiger partial charge >= 0.3 is 0 Å². The minimum Gasteiger partial charge on any atom is -0.387 e. The fraction of sp³-hybridized carbons (Fsp3) is 0.615. The van der Waals surface area contributed by atoms with Crippen LogP contribution in [0.3, 0.4) is 0 Å². The van der Waals surface area contributed by atoms with E-state index in [2.05, 4.69) is 15.0 Å². The van der Waals surface area contributed by atoms with E-state index in [0.29, 0.717) is 0 Å². The molecule has 0 unspecified atom stereocenters. The highest BCUT2D eigenvalue weighted by atomic mass is 16.6. The lowest BCUT2D eigenvalue weighted by molar-refractivity contribution is -0.138. The van der Waals surface area contributed by atoms with Gasteiger partial charge in [0.2, 0.25) is 5.95 Å². The highest BCUT2D eigenvalue weighted by molar-refractivity contribution is 5.70. The van der Waals surface area contributed by atoms with Crippen molar-refractivity contribution in [1.82, 2.24) is 19.5 Å². The van der Waals surface area contributed by atoms with E-state index in [0.717, 1.165) is 0 Å². The smallest absolute Gasteiger partial charge is 0.280 e. The van der Waals surface area contributed by atoms with Gasteiger partial charge in [0.1, 0.15) is 18.3 Å². The molecule has 3 heterocycles. The molecule has 1 aliphatic heterocycles. The summed E-state index contributed by atoms with van der Waals surface area (Å²) in [5.74, 6) is -0.0777. The van der Waals surface area contributed by atoms with E-state index >= 15 is 0 Å². The number of nitrogen functional groups attached to an aromatic ring is 1. The molecule has 5 N–H and O–H groups in total. The van der Waals surface area contributed by atoms with Crippen LogP contribution in [0, 0.1) is 0 Å². The zero-order valence-corrected chi connectivity index (χ0v) is 12.9. The first-order valence-corrected chi connectivity index (χ1v) is 7.05. The van der Waals surface area contributed by atoms with E-state index in [4.69, 9.17) is 15.2 Å². The number of hydrogen-bond acceptors (Lipinski definition) is 8. The minimum atomic E-state index is -1.24. The highest BCUT2D eigenvalue weighted by Crippen LogP contribution is 2.36. The zero-order chi connectivity index (χ0) is 16.9. The number of aliphatic hydroxyl groups is 2. The molecule has 23 heavy (non-hydrogen) atoms. The van der Waals surface area contributed by atoms with Gasteiger partial charge in [-0.15, -0.1) is 0 Å². The van der Waals surface area contributed by atoms with E-state index in [9.17, 15) is 15.0 Å². The van der Waals surface area contributed by atoms with Gasteiger partial charge in [-0.1, -0.05) is 0 Å². The third kappa shape index (κ3) is 2.39. The van der Waals surface area contributed by atoms with Crippen LogP contribution in [0.1, 0.15) is 20.1 Å². The first kappa shape index (κ1) is 15.9. The number of aromatic amines is 1. The van der Waals surface area contributed by atoms with Crippen LogP contribution >= 0.6 is 0 Å². The van der Waals surface area contributed by atoms with Gasteiger partial charge in [-0.25, -0.2) is 4.98 Å². The van der Waals surface area contributed by atoms with Crippen molar-refractivity contribution in [3.63, 3.8) is 0 Å². The van der Waals surface area contributed by atoms with Crippen molar-refractivity contribution < 1.29 is 19.7 Å². The molecular formula is C13H19N5O5. The third-order valence-electron chi connectivity index (χ3n) is 4.17. The Morgan fingerprint density at radius 3 is 2.78 bits per heavy atom. The van der Waals surface area contributed by atoms with E-state index in [1.165, 1.54) is 18.0 Å². The fourth-order valence-electron chi connectivity index (χ4n) is 2.71. The summed E-state index contributed by atoms with van der Waals surface area (Å²) >= 11 is 0. The Morgan fingerprint density at radius 1 is 1.43 bits per heavy atom. The molecule has 0 bridgehead atoms. The molecule has 126 valence electrons. The molecule has 0 aliphatic carbocycles. The topological polar surface area (TPSA) is 149 Å². The Hall–Kier alpha value is -2.01. The molecule has 1 saturated heterocycles. The van der Waals surface area contributed by atoms with Gasteiger partial charge in [-0.2, -0.15) is 4.98 Å². The Labute approximate surface area is 130 Å². The maximum atomic E-state index is 11.8. The number of fused-ring (bicyclic) bond motifs is 1. The lowest BCUT2D eigenvalue weighted by Gasteiger charge is -2.31. The SMILES string of the molecule is COC(C)(C)[C@H]1O[C@@H](n2cnc3c(=O)[nH]c(N)nc32)[C@H](O)[C@@H]1O. The van der Waals surface area contributed by atoms with E-state index in [1.807, 2.05) is 0 Å². The summed E-state index contributed by atoms with van der Waals surface area (Å²) in [6.07, 6.45) is -2.84. The van der Waals surface area contributed by atoms with Crippen molar-refractivity contribution in [2.75, 3.05) is 12.8 Å². The van der Waals surface area contributed by atoms with Crippen LogP contribution < -0.4 is 11.3 Å². The standard InChI is InChI=1S/C13H19N5O5/c1-13(2,22-3)8-6(19)7(20)11(23-8)18-4-15-5-9(18)16-12(14)17-10(5)21/h4,6-8,11,19-20H,1-3H3,(H3,14,16,17,21)/t6-,7+,8-,11+/m0/s1. The molecule has 2 aromatic heterocycles. The molecule has 0 radical (unpaired) electrons. The number of nitrogens with one attached hydrogen (secondary N) is 1. The normalized spacial score (nSPS) is 28.6. The average molecular weight is 325 g/mol. The Morgan fingerprint density at radius 2 is 2.13 bits per heavy atom. The first-order valence-electron chi connectivity index (χ1n) is 7.05. The van der Waals surface area contributed by atoms with Crippen molar-refractivity contribution in [3.8, 4) is 0 Å². The molecule has 1 fully saturated rings. The Bertz CT molecular complexity index is 785. The fourth-order valence-corrected chi connectivity index (χ4v) is 2.71. The van der Waals surface area contributed by atoms with E-state index < -0.39 is 35.7 Å². The van der Waals surface area contributed by atoms with Crippen LogP contribution in [0.2, 0.25) is 0 Å². The molecule has 10 heteroatoms. The van der Waals surface area contributed by atoms with Gasteiger partial charge in [0.05, 0.1) is 11.9 Å². The second-order valence-corrected chi connectivity index (χ2v) is 6.01. The number of methoxy groups -OCH3 is 1. The van der Waals surface area contributed by atoms with Crippen LogP contribution in [-0.4, -0.2) is 60.8 Å². The first-order chi connectivity index (χ1) is 10.8. The number of ether oxygens (including phenoxy) is 2. The van der Waals surface area contributed by atoms with Gasteiger partial charge in [-0.05, 0) is 13.8 Å². The molecule has 0 aromatic carbocycles. The Balaban J connectivity index is 2.05. The van der Waals surface area contributed by atoms with Crippen LogP contribution in [0.25, 0.3) is 11.2 Å². The third-order valence-corrected chi connectivity index (χ3v) is 4.17. The monoisotopic (exact) mass is 325 g/mol. The van der Waals surface area contributed by atoms with Crippen molar-refractivity contribution in [3.05, 3.63) is 16.7 Å².